The van der Waals surface area contributed by atoms with Gasteiger partial charge < -0.3 is 21.7 Å². The van der Waals surface area contributed by atoms with Crippen molar-refractivity contribution in [3.8, 4) is 0 Å². The monoisotopic (exact) mass is 228 g/mol. The molecule has 16 heavy (non-hydrogen) atoms. The van der Waals surface area contributed by atoms with Crippen molar-refractivity contribution in [2.24, 2.45) is 5.73 Å². The molecule has 0 amide bonds. The third kappa shape index (κ3) is 13.6. The van der Waals surface area contributed by atoms with Gasteiger partial charge in [0.15, 0.2) is 0 Å². The van der Waals surface area contributed by atoms with Gasteiger partial charge in [-0.1, -0.05) is 6.08 Å². The molecule has 0 bridgehead atoms. The van der Waals surface area contributed by atoms with Gasteiger partial charge in [0.05, 0.1) is 0 Å². The van der Waals surface area contributed by atoms with Crippen molar-refractivity contribution in [2.75, 3.05) is 45.8 Å². The predicted octanol–water partition coefficient (Wildman–Crippen LogP) is 0.0702. The van der Waals surface area contributed by atoms with Crippen LogP contribution in [0.3, 0.4) is 0 Å². The van der Waals surface area contributed by atoms with Crippen LogP contribution in [-0.4, -0.2) is 45.8 Å². The highest BCUT2D eigenvalue weighted by Gasteiger charge is 1.89. The fraction of sp³-hybridized carbons (Fsp3) is 0.833. The van der Waals surface area contributed by atoms with Crippen molar-refractivity contribution in [2.45, 2.75) is 19.3 Å². The topological polar surface area (TPSA) is 62.1 Å². The van der Waals surface area contributed by atoms with E-state index in [1.807, 2.05) is 6.08 Å². The van der Waals surface area contributed by atoms with E-state index in [4.69, 9.17) is 5.73 Å². The quantitative estimate of drug-likeness (QED) is 0.266. The molecule has 0 spiro atoms. The number of hydrogen-bond donors (Lipinski definition) is 4. The third-order valence-electron chi connectivity index (χ3n) is 2.26. The van der Waals surface area contributed by atoms with Gasteiger partial charge in [0.25, 0.3) is 0 Å². The maximum Gasteiger partial charge on any atom is 0.0132 e. The van der Waals surface area contributed by atoms with Crippen molar-refractivity contribution in [3.63, 3.8) is 0 Å². The SMILES string of the molecule is C=CCNCCCNCCCNCCCN. The van der Waals surface area contributed by atoms with E-state index >= 15 is 0 Å². The number of nitrogens with two attached hydrogens (primary N) is 1. The highest BCUT2D eigenvalue weighted by molar-refractivity contribution is 4.69. The minimum absolute atomic E-state index is 0.781. The molecule has 0 heterocycles. The molecule has 0 aromatic rings. The standard InChI is InChI=1S/C12H28N4/c1-2-7-14-9-4-11-16-12-5-10-15-8-3-6-13/h2,14-16H,1,3-13H2. The van der Waals surface area contributed by atoms with Crippen LogP contribution >= 0.6 is 0 Å². The first-order chi connectivity index (χ1) is 7.91. The number of hydrogen-bond acceptors (Lipinski definition) is 4. The average Bonchev–Trinajstić information content (AvgIpc) is 2.31. The Morgan fingerprint density at radius 2 is 1.31 bits per heavy atom. The predicted molar refractivity (Wildman–Crippen MR) is 71.7 cm³/mol. The second-order valence-electron chi connectivity index (χ2n) is 3.84. The maximum atomic E-state index is 5.39. The molecular weight excluding hydrogens is 200 g/mol. The van der Waals surface area contributed by atoms with Crippen molar-refractivity contribution in [1.82, 2.24) is 16.0 Å². The van der Waals surface area contributed by atoms with E-state index in [1.54, 1.807) is 0 Å². The number of nitrogens with one attached hydrogen (secondary N) is 3. The molecule has 0 unspecified atom stereocenters. The molecule has 0 saturated heterocycles. The van der Waals surface area contributed by atoms with E-state index in [0.29, 0.717) is 0 Å². The van der Waals surface area contributed by atoms with E-state index < -0.39 is 0 Å². The Morgan fingerprint density at radius 1 is 0.812 bits per heavy atom. The van der Waals surface area contributed by atoms with Crippen LogP contribution in [0, 0.1) is 0 Å². The van der Waals surface area contributed by atoms with Crippen LogP contribution in [-0.2, 0) is 0 Å². The Bertz CT molecular complexity index is 139. The lowest BCUT2D eigenvalue weighted by Crippen LogP contribution is -2.26. The molecular formula is C12H28N4. The summed E-state index contributed by atoms with van der Waals surface area (Å²) in [6, 6.07) is 0. The Hall–Kier alpha value is -0.420. The highest BCUT2D eigenvalue weighted by atomic mass is 14.9. The van der Waals surface area contributed by atoms with Crippen LogP contribution in [0.15, 0.2) is 12.7 Å². The summed E-state index contributed by atoms with van der Waals surface area (Å²) in [7, 11) is 0. The fourth-order valence-electron chi connectivity index (χ4n) is 1.36. The van der Waals surface area contributed by atoms with Crippen LogP contribution in [0.4, 0.5) is 0 Å². The largest absolute Gasteiger partial charge is 0.330 e. The molecule has 4 nitrogen and oxygen atoms in total. The highest BCUT2D eigenvalue weighted by Crippen LogP contribution is 1.78. The summed E-state index contributed by atoms with van der Waals surface area (Å²) in [5.74, 6) is 0. The minimum atomic E-state index is 0.781. The van der Waals surface area contributed by atoms with Gasteiger partial charge in [-0.05, 0) is 58.5 Å². The molecule has 0 aliphatic rings. The second-order valence-corrected chi connectivity index (χ2v) is 3.84. The van der Waals surface area contributed by atoms with Crippen LogP contribution in [0.1, 0.15) is 19.3 Å². The maximum absolute atomic E-state index is 5.39. The average molecular weight is 228 g/mol. The van der Waals surface area contributed by atoms with Gasteiger partial charge in [-0.15, -0.1) is 6.58 Å². The molecule has 0 aliphatic carbocycles. The molecule has 4 heteroatoms. The molecule has 0 aromatic heterocycles. The molecule has 0 atom stereocenters. The van der Waals surface area contributed by atoms with Gasteiger partial charge >= 0.3 is 0 Å². The zero-order valence-electron chi connectivity index (χ0n) is 10.4. The van der Waals surface area contributed by atoms with Gasteiger partial charge in [0.2, 0.25) is 0 Å². The fourth-order valence-corrected chi connectivity index (χ4v) is 1.36. The Kier molecular flexibility index (Phi) is 14.2. The molecule has 96 valence electrons. The van der Waals surface area contributed by atoms with Crippen molar-refractivity contribution in [3.05, 3.63) is 12.7 Å². The van der Waals surface area contributed by atoms with E-state index in [2.05, 4.69) is 22.5 Å². The van der Waals surface area contributed by atoms with Gasteiger partial charge in [0, 0.05) is 6.54 Å². The lowest BCUT2D eigenvalue weighted by atomic mass is 10.3. The van der Waals surface area contributed by atoms with E-state index in [9.17, 15) is 0 Å². The summed E-state index contributed by atoms with van der Waals surface area (Å²) in [6.45, 7) is 10.7. The normalized spacial score (nSPS) is 10.6. The van der Waals surface area contributed by atoms with E-state index in [-0.39, 0.29) is 0 Å². The Balaban J connectivity index is 2.85. The van der Waals surface area contributed by atoms with Crippen LogP contribution in [0.2, 0.25) is 0 Å². The van der Waals surface area contributed by atoms with Gasteiger partial charge in [0.1, 0.15) is 0 Å². The molecule has 0 radical (unpaired) electrons. The van der Waals surface area contributed by atoms with E-state index in [1.165, 1.54) is 12.8 Å². The first-order valence-electron chi connectivity index (χ1n) is 6.35. The minimum Gasteiger partial charge on any atom is -0.330 e. The van der Waals surface area contributed by atoms with Crippen LogP contribution in [0.5, 0.6) is 0 Å². The smallest absolute Gasteiger partial charge is 0.0132 e. The summed E-state index contributed by atoms with van der Waals surface area (Å²) in [4.78, 5) is 0. The van der Waals surface area contributed by atoms with Gasteiger partial charge in [-0.25, -0.2) is 0 Å². The lowest BCUT2D eigenvalue weighted by Gasteiger charge is -2.06. The summed E-state index contributed by atoms with van der Waals surface area (Å²) in [5.41, 5.74) is 5.39. The molecule has 0 saturated carbocycles. The summed E-state index contributed by atoms with van der Waals surface area (Å²) in [6.07, 6.45) is 5.32. The molecule has 0 fully saturated rings. The zero-order valence-corrected chi connectivity index (χ0v) is 10.4. The summed E-state index contributed by atoms with van der Waals surface area (Å²) in [5, 5.41) is 10.1. The van der Waals surface area contributed by atoms with Gasteiger partial charge in [-0.3, -0.25) is 0 Å². The lowest BCUT2D eigenvalue weighted by molar-refractivity contribution is 0.568. The summed E-state index contributed by atoms with van der Waals surface area (Å²) < 4.78 is 0. The van der Waals surface area contributed by atoms with Gasteiger partial charge in [-0.2, -0.15) is 0 Å². The zero-order chi connectivity index (χ0) is 11.9. The summed E-state index contributed by atoms with van der Waals surface area (Å²) >= 11 is 0. The molecule has 0 aliphatic heterocycles. The Morgan fingerprint density at radius 3 is 1.81 bits per heavy atom. The molecule has 0 aromatic carbocycles. The van der Waals surface area contributed by atoms with Crippen LogP contribution in [0.25, 0.3) is 0 Å². The molecule has 0 rings (SSSR count). The van der Waals surface area contributed by atoms with Crippen LogP contribution < -0.4 is 21.7 Å². The second kappa shape index (κ2) is 14.6. The van der Waals surface area contributed by atoms with Crippen molar-refractivity contribution < 1.29 is 0 Å². The number of rotatable bonds is 13. The van der Waals surface area contributed by atoms with Crippen molar-refractivity contribution >= 4 is 0 Å². The first-order valence-corrected chi connectivity index (χ1v) is 6.35. The third-order valence-corrected chi connectivity index (χ3v) is 2.26. The van der Waals surface area contributed by atoms with E-state index in [0.717, 1.165) is 52.2 Å². The Labute approximate surface area is 100 Å². The molecule has 5 N–H and O–H groups in total. The van der Waals surface area contributed by atoms with Crippen molar-refractivity contribution in [1.29, 1.82) is 0 Å². The first kappa shape index (κ1) is 15.6.